The van der Waals surface area contributed by atoms with Crippen molar-refractivity contribution in [2.24, 2.45) is 13.0 Å². The largest absolute Gasteiger partial charge is 0.337 e. The number of nitrogens with zero attached hydrogens (tertiary/aromatic N) is 6. The summed E-state index contributed by atoms with van der Waals surface area (Å²) in [5, 5.41) is 8.41. The predicted octanol–water partition coefficient (Wildman–Crippen LogP) is 2.91. The number of halogens is 2. The third-order valence-electron chi connectivity index (χ3n) is 7.79. The van der Waals surface area contributed by atoms with Gasteiger partial charge in [-0.05, 0) is 48.1 Å². The van der Waals surface area contributed by atoms with Gasteiger partial charge >= 0.3 is 5.69 Å². The Morgan fingerprint density at radius 3 is 2.62 bits per heavy atom. The minimum Gasteiger partial charge on any atom is -0.320 e. The van der Waals surface area contributed by atoms with Crippen molar-refractivity contribution in [3.8, 4) is 5.69 Å². The SMILES string of the molecule is Cn1cnnc1[C@@H](c1cccc(-n2cc3c(C(C)(F)F)cc(CN4CCNS4(=O)=O)cn3c2=O)c1)C1CCC1. The van der Waals surface area contributed by atoms with Gasteiger partial charge in [0.1, 0.15) is 12.2 Å². The quantitative estimate of drug-likeness (QED) is 0.376. The third-order valence-corrected chi connectivity index (χ3v) is 9.35. The fourth-order valence-corrected chi connectivity index (χ4v) is 6.78. The fourth-order valence-electron chi connectivity index (χ4n) is 5.59. The van der Waals surface area contributed by atoms with E-state index in [0.717, 1.165) is 37.6 Å². The molecule has 0 spiro atoms. The van der Waals surface area contributed by atoms with E-state index in [1.807, 2.05) is 29.8 Å². The van der Waals surface area contributed by atoms with Crippen LogP contribution in [0.5, 0.6) is 0 Å². The van der Waals surface area contributed by atoms with E-state index >= 15 is 0 Å². The molecule has 2 aliphatic rings. The molecule has 0 bridgehead atoms. The van der Waals surface area contributed by atoms with Crippen LogP contribution in [0, 0.1) is 5.92 Å². The predicted molar refractivity (Wildman–Crippen MR) is 140 cm³/mol. The molecule has 1 saturated carbocycles. The van der Waals surface area contributed by atoms with Crippen LogP contribution >= 0.6 is 0 Å². The number of fused-ring (bicyclic) bond motifs is 1. The number of hydrogen-bond acceptors (Lipinski definition) is 5. The lowest BCUT2D eigenvalue weighted by atomic mass is 9.72. The van der Waals surface area contributed by atoms with Crippen molar-refractivity contribution in [3.05, 3.63) is 82.1 Å². The number of rotatable bonds is 7. The Bertz CT molecular complexity index is 1720. The first-order valence-corrected chi connectivity index (χ1v) is 14.3. The minimum atomic E-state index is -3.68. The van der Waals surface area contributed by atoms with Crippen LogP contribution in [0.4, 0.5) is 8.78 Å². The van der Waals surface area contributed by atoms with Gasteiger partial charge in [0.2, 0.25) is 0 Å². The molecule has 39 heavy (non-hydrogen) atoms. The summed E-state index contributed by atoms with van der Waals surface area (Å²) in [5.41, 5.74) is 1.02. The summed E-state index contributed by atoms with van der Waals surface area (Å²) >= 11 is 0. The normalized spacial score (nSPS) is 19.0. The molecule has 1 aliphatic heterocycles. The average Bonchev–Trinajstić information content (AvgIpc) is 3.52. The van der Waals surface area contributed by atoms with Gasteiger partial charge in [-0.3, -0.25) is 8.97 Å². The zero-order chi connectivity index (χ0) is 27.5. The zero-order valence-electron chi connectivity index (χ0n) is 21.6. The number of nitrogens with one attached hydrogen (secondary N) is 1. The molecule has 0 radical (unpaired) electrons. The second-order valence-corrected chi connectivity index (χ2v) is 12.2. The fraction of sp³-hybridized carbons (Fsp3) is 0.423. The molecule has 1 aromatic carbocycles. The summed E-state index contributed by atoms with van der Waals surface area (Å²) in [5.74, 6) is -2.02. The van der Waals surface area contributed by atoms with Crippen LogP contribution in [0.15, 0.2) is 53.8 Å². The van der Waals surface area contributed by atoms with Gasteiger partial charge in [0, 0.05) is 57.5 Å². The number of hydrogen-bond donors (Lipinski definition) is 1. The van der Waals surface area contributed by atoms with E-state index < -0.39 is 21.8 Å². The van der Waals surface area contributed by atoms with E-state index in [0.29, 0.717) is 17.2 Å². The average molecular weight is 558 g/mol. The maximum Gasteiger partial charge on any atom is 0.337 e. The summed E-state index contributed by atoms with van der Waals surface area (Å²) in [6, 6.07) is 8.81. The first-order valence-electron chi connectivity index (χ1n) is 12.9. The Balaban J connectivity index is 1.45. The van der Waals surface area contributed by atoms with Gasteiger partial charge in [-0.15, -0.1) is 10.2 Å². The maximum atomic E-state index is 14.8. The topological polar surface area (TPSA) is 107 Å². The van der Waals surface area contributed by atoms with Gasteiger partial charge in [0.25, 0.3) is 16.1 Å². The number of pyridine rings is 1. The molecule has 206 valence electrons. The van der Waals surface area contributed by atoms with Gasteiger partial charge in [-0.25, -0.2) is 18.3 Å². The highest BCUT2D eigenvalue weighted by Gasteiger charge is 2.34. The van der Waals surface area contributed by atoms with Crippen LogP contribution in [-0.2, 0) is 29.7 Å². The molecule has 1 atom stereocenters. The van der Waals surface area contributed by atoms with Crippen LogP contribution < -0.4 is 10.4 Å². The monoisotopic (exact) mass is 557 g/mol. The van der Waals surface area contributed by atoms with Gasteiger partial charge in [-0.2, -0.15) is 12.7 Å². The molecule has 4 aromatic rings. The number of imidazole rings is 1. The van der Waals surface area contributed by atoms with Crippen molar-refractivity contribution in [2.45, 2.75) is 44.6 Å². The van der Waals surface area contributed by atoms with Crippen molar-refractivity contribution in [2.75, 3.05) is 13.1 Å². The number of benzene rings is 1. The lowest BCUT2D eigenvalue weighted by Crippen LogP contribution is -2.29. The smallest absolute Gasteiger partial charge is 0.320 e. The first-order chi connectivity index (χ1) is 18.5. The second-order valence-electron chi connectivity index (χ2n) is 10.5. The third kappa shape index (κ3) is 4.57. The summed E-state index contributed by atoms with van der Waals surface area (Å²) in [6.45, 7) is 1.11. The highest BCUT2D eigenvalue weighted by Crippen LogP contribution is 2.43. The lowest BCUT2D eigenvalue weighted by Gasteiger charge is -2.33. The number of aromatic nitrogens is 5. The molecule has 3 aromatic heterocycles. The molecule has 10 nitrogen and oxygen atoms in total. The van der Waals surface area contributed by atoms with E-state index in [1.54, 1.807) is 12.4 Å². The Kier molecular flexibility index (Phi) is 6.19. The van der Waals surface area contributed by atoms with Crippen molar-refractivity contribution >= 4 is 15.7 Å². The first kappa shape index (κ1) is 25.8. The highest BCUT2D eigenvalue weighted by molar-refractivity contribution is 7.87. The molecule has 1 saturated heterocycles. The van der Waals surface area contributed by atoms with Gasteiger partial charge in [0.15, 0.2) is 0 Å². The van der Waals surface area contributed by atoms with Crippen LogP contribution in [0.2, 0.25) is 0 Å². The molecule has 6 rings (SSSR count). The molecule has 4 heterocycles. The van der Waals surface area contributed by atoms with E-state index in [1.165, 1.54) is 31.7 Å². The van der Waals surface area contributed by atoms with Crippen LogP contribution in [0.3, 0.4) is 0 Å². The van der Waals surface area contributed by atoms with Crippen molar-refractivity contribution < 1.29 is 17.2 Å². The Morgan fingerprint density at radius 1 is 1.21 bits per heavy atom. The summed E-state index contributed by atoms with van der Waals surface area (Å²) in [6.07, 6.45) is 7.82. The molecule has 0 amide bonds. The standard InChI is InChI=1S/C26H29F2N7O3S/c1-26(27,28)21-11-17(13-33-10-9-30-39(33,37)38)14-35-22(21)15-34(25(35)36)20-8-4-7-19(12-20)23(18-5-3-6-18)24-31-29-16-32(24)2/h4,7-8,11-12,14-16,18,23,30H,3,5-6,9-10,13H2,1-2H3/t23-/m1/s1. The molecule has 0 unspecified atom stereocenters. The lowest BCUT2D eigenvalue weighted by molar-refractivity contribution is 0.0186. The molecular weight excluding hydrogens is 528 g/mol. The summed E-state index contributed by atoms with van der Waals surface area (Å²) in [4.78, 5) is 13.6. The molecule has 2 fully saturated rings. The van der Waals surface area contributed by atoms with Gasteiger partial charge < -0.3 is 4.57 Å². The van der Waals surface area contributed by atoms with E-state index in [2.05, 4.69) is 14.9 Å². The molecule has 1 aliphatic carbocycles. The maximum absolute atomic E-state index is 14.8. The van der Waals surface area contributed by atoms with Crippen LogP contribution in [0.25, 0.3) is 11.2 Å². The van der Waals surface area contributed by atoms with Crippen molar-refractivity contribution in [1.82, 2.24) is 32.8 Å². The Labute approximate surface area is 224 Å². The van der Waals surface area contributed by atoms with E-state index in [4.69, 9.17) is 0 Å². The van der Waals surface area contributed by atoms with E-state index in [-0.39, 0.29) is 36.6 Å². The van der Waals surface area contributed by atoms with Gasteiger partial charge in [0.05, 0.1) is 11.2 Å². The van der Waals surface area contributed by atoms with E-state index in [9.17, 15) is 22.0 Å². The Morgan fingerprint density at radius 2 is 2.00 bits per heavy atom. The van der Waals surface area contributed by atoms with Crippen molar-refractivity contribution in [1.29, 1.82) is 0 Å². The van der Waals surface area contributed by atoms with Gasteiger partial charge in [-0.1, -0.05) is 18.6 Å². The number of aryl methyl sites for hydroxylation is 1. The van der Waals surface area contributed by atoms with Crippen molar-refractivity contribution in [3.63, 3.8) is 0 Å². The second kappa shape index (κ2) is 9.35. The molecule has 13 heteroatoms. The van der Waals surface area contributed by atoms with Crippen LogP contribution in [-0.4, -0.2) is 49.5 Å². The Hall–Kier alpha value is -3.42. The summed E-state index contributed by atoms with van der Waals surface area (Å²) in [7, 11) is -1.78. The van der Waals surface area contributed by atoms with Crippen LogP contribution in [0.1, 0.15) is 54.6 Å². The molecule has 1 N–H and O–H groups in total. The minimum absolute atomic E-state index is 0.00269. The number of alkyl halides is 2. The highest BCUT2D eigenvalue weighted by atomic mass is 32.2. The zero-order valence-corrected chi connectivity index (χ0v) is 22.4. The molecular formula is C26H29F2N7O3S. The summed E-state index contributed by atoms with van der Waals surface area (Å²) < 4.78 is 62.0.